The standard InChI is InChI=1S/C6H11NO/c8-7-4-3-6(5-7)1-2-6/h8H,1-5H2. The Balaban J connectivity index is 2.03. The molecule has 8 heavy (non-hydrogen) atoms. The van der Waals surface area contributed by atoms with Crippen LogP contribution in [-0.2, 0) is 0 Å². The second kappa shape index (κ2) is 1.25. The predicted octanol–water partition coefficient (Wildman–Crippen LogP) is 0.861. The van der Waals surface area contributed by atoms with Crippen LogP contribution in [0.5, 0.6) is 0 Å². The number of hydrogen-bond donors (Lipinski definition) is 1. The summed E-state index contributed by atoms with van der Waals surface area (Å²) in [6, 6.07) is 0. The van der Waals surface area contributed by atoms with Gasteiger partial charge in [-0.1, -0.05) is 0 Å². The molecule has 46 valence electrons. The number of hydroxylamine groups is 2. The fourth-order valence-electron chi connectivity index (χ4n) is 1.50. The van der Waals surface area contributed by atoms with Crippen LogP contribution in [0.1, 0.15) is 19.3 Å². The van der Waals surface area contributed by atoms with E-state index in [1.165, 1.54) is 24.3 Å². The molecular weight excluding hydrogens is 102 g/mol. The maximum atomic E-state index is 8.94. The minimum absolute atomic E-state index is 0.592. The average Bonchev–Trinajstić information content (AvgIpc) is 2.34. The lowest BCUT2D eigenvalue weighted by atomic mass is 10.1. The number of hydrogen-bond acceptors (Lipinski definition) is 2. The Hall–Kier alpha value is -0.0800. The van der Waals surface area contributed by atoms with Crippen LogP contribution in [0, 0.1) is 5.41 Å². The Morgan fingerprint density at radius 1 is 1.25 bits per heavy atom. The zero-order valence-electron chi connectivity index (χ0n) is 4.93. The van der Waals surface area contributed by atoms with Crippen molar-refractivity contribution < 1.29 is 5.21 Å². The van der Waals surface area contributed by atoms with Crippen LogP contribution in [0.15, 0.2) is 0 Å². The molecule has 1 aliphatic carbocycles. The van der Waals surface area contributed by atoms with Gasteiger partial charge in [0.1, 0.15) is 0 Å². The van der Waals surface area contributed by atoms with Crippen molar-refractivity contribution in [2.45, 2.75) is 19.3 Å². The third-order valence-corrected chi connectivity index (χ3v) is 2.38. The van der Waals surface area contributed by atoms with Crippen LogP contribution < -0.4 is 0 Å². The van der Waals surface area contributed by atoms with Crippen molar-refractivity contribution in [3.8, 4) is 0 Å². The molecule has 1 aliphatic heterocycles. The molecule has 0 aromatic heterocycles. The highest BCUT2D eigenvalue weighted by Crippen LogP contribution is 2.52. The first-order valence-corrected chi connectivity index (χ1v) is 3.25. The van der Waals surface area contributed by atoms with Gasteiger partial charge in [0.05, 0.1) is 0 Å². The van der Waals surface area contributed by atoms with Crippen molar-refractivity contribution in [3.63, 3.8) is 0 Å². The van der Waals surface area contributed by atoms with Crippen molar-refractivity contribution in [1.29, 1.82) is 0 Å². The Morgan fingerprint density at radius 2 is 2.00 bits per heavy atom. The molecule has 2 aliphatic rings. The zero-order chi connectivity index (χ0) is 5.61. The fraction of sp³-hybridized carbons (Fsp3) is 1.00. The molecule has 0 unspecified atom stereocenters. The molecule has 0 radical (unpaired) electrons. The highest BCUT2D eigenvalue weighted by Gasteiger charge is 2.47. The molecule has 1 spiro atoms. The molecule has 2 fully saturated rings. The summed E-state index contributed by atoms with van der Waals surface area (Å²) in [4.78, 5) is 0. The van der Waals surface area contributed by atoms with Crippen LogP contribution in [0.4, 0.5) is 0 Å². The molecule has 2 rings (SSSR count). The van der Waals surface area contributed by atoms with Crippen molar-refractivity contribution in [1.82, 2.24) is 5.06 Å². The fourth-order valence-corrected chi connectivity index (χ4v) is 1.50. The van der Waals surface area contributed by atoms with Crippen LogP contribution in [-0.4, -0.2) is 23.4 Å². The van der Waals surface area contributed by atoms with Gasteiger partial charge in [0.15, 0.2) is 0 Å². The summed E-state index contributed by atoms with van der Waals surface area (Å²) in [6.45, 7) is 1.84. The van der Waals surface area contributed by atoms with Gasteiger partial charge in [-0.15, -0.1) is 0 Å². The second-order valence-electron chi connectivity index (χ2n) is 3.14. The Labute approximate surface area is 49.1 Å². The molecule has 2 heteroatoms. The minimum atomic E-state index is 0.592. The van der Waals surface area contributed by atoms with Gasteiger partial charge >= 0.3 is 0 Å². The third-order valence-electron chi connectivity index (χ3n) is 2.38. The van der Waals surface area contributed by atoms with E-state index in [0.717, 1.165) is 13.1 Å². The van der Waals surface area contributed by atoms with Gasteiger partial charge in [-0.3, -0.25) is 0 Å². The lowest BCUT2D eigenvalue weighted by Gasteiger charge is -2.03. The maximum absolute atomic E-state index is 8.94. The van der Waals surface area contributed by atoms with E-state index in [1.807, 2.05) is 0 Å². The highest BCUT2D eigenvalue weighted by molar-refractivity contribution is 4.98. The van der Waals surface area contributed by atoms with Crippen LogP contribution in [0.2, 0.25) is 0 Å². The highest BCUT2D eigenvalue weighted by atomic mass is 16.5. The molecular formula is C6H11NO. The smallest absolute Gasteiger partial charge is 0.0295 e. The van der Waals surface area contributed by atoms with Crippen molar-refractivity contribution >= 4 is 0 Å². The van der Waals surface area contributed by atoms with Crippen molar-refractivity contribution in [2.24, 2.45) is 5.41 Å². The van der Waals surface area contributed by atoms with Gasteiger partial charge in [-0.05, 0) is 24.7 Å². The summed E-state index contributed by atoms with van der Waals surface area (Å²) < 4.78 is 0. The van der Waals surface area contributed by atoms with Crippen LogP contribution >= 0.6 is 0 Å². The van der Waals surface area contributed by atoms with Crippen molar-refractivity contribution in [2.75, 3.05) is 13.1 Å². The predicted molar refractivity (Wildman–Crippen MR) is 29.6 cm³/mol. The van der Waals surface area contributed by atoms with E-state index in [0.29, 0.717) is 5.41 Å². The van der Waals surface area contributed by atoms with E-state index >= 15 is 0 Å². The quantitative estimate of drug-likeness (QED) is 0.503. The van der Waals surface area contributed by atoms with Gasteiger partial charge in [0.2, 0.25) is 0 Å². The van der Waals surface area contributed by atoms with Gasteiger partial charge in [-0.2, -0.15) is 5.06 Å². The number of nitrogens with zero attached hydrogens (tertiary/aromatic N) is 1. The largest absolute Gasteiger partial charge is 0.314 e. The summed E-state index contributed by atoms with van der Waals surface area (Å²) >= 11 is 0. The first kappa shape index (κ1) is 4.77. The lowest BCUT2D eigenvalue weighted by Crippen LogP contribution is -2.14. The van der Waals surface area contributed by atoms with Crippen LogP contribution in [0.3, 0.4) is 0 Å². The van der Waals surface area contributed by atoms with E-state index in [4.69, 9.17) is 5.21 Å². The second-order valence-corrected chi connectivity index (χ2v) is 3.14. The first-order chi connectivity index (χ1) is 3.81. The Bertz CT molecular complexity index is 109. The topological polar surface area (TPSA) is 23.5 Å². The summed E-state index contributed by atoms with van der Waals surface area (Å²) in [5, 5.41) is 10.4. The molecule has 0 atom stereocenters. The van der Waals surface area contributed by atoms with Gasteiger partial charge < -0.3 is 5.21 Å². The number of rotatable bonds is 0. The molecule has 0 amide bonds. The Kier molecular flexibility index (Phi) is 0.746. The van der Waals surface area contributed by atoms with Crippen molar-refractivity contribution in [3.05, 3.63) is 0 Å². The third kappa shape index (κ3) is 0.565. The zero-order valence-corrected chi connectivity index (χ0v) is 4.93. The van der Waals surface area contributed by atoms with Gasteiger partial charge in [0.25, 0.3) is 0 Å². The SMILES string of the molecule is ON1CCC2(CC2)C1. The lowest BCUT2D eigenvalue weighted by molar-refractivity contribution is -0.0723. The van der Waals surface area contributed by atoms with E-state index in [9.17, 15) is 0 Å². The maximum Gasteiger partial charge on any atom is 0.0295 e. The molecule has 0 bridgehead atoms. The Morgan fingerprint density at radius 3 is 2.25 bits per heavy atom. The molecule has 2 nitrogen and oxygen atoms in total. The van der Waals surface area contributed by atoms with E-state index in [-0.39, 0.29) is 0 Å². The monoisotopic (exact) mass is 113 g/mol. The van der Waals surface area contributed by atoms with Gasteiger partial charge in [0, 0.05) is 13.1 Å². The molecule has 0 aromatic carbocycles. The summed E-state index contributed by atoms with van der Waals surface area (Å²) in [5.41, 5.74) is 0.592. The summed E-state index contributed by atoms with van der Waals surface area (Å²) in [7, 11) is 0. The van der Waals surface area contributed by atoms with E-state index < -0.39 is 0 Å². The normalized spacial score (nSPS) is 34.1. The minimum Gasteiger partial charge on any atom is -0.314 e. The molecule has 0 aromatic rings. The first-order valence-electron chi connectivity index (χ1n) is 3.25. The van der Waals surface area contributed by atoms with E-state index in [1.54, 1.807) is 0 Å². The molecule has 1 saturated heterocycles. The summed E-state index contributed by atoms with van der Waals surface area (Å²) in [5.74, 6) is 0. The summed E-state index contributed by atoms with van der Waals surface area (Å²) in [6.07, 6.45) is 3.93. The van der Waals surface area contributed by atoms with E-state index in [2.05, 4.69) is 0 Å². The van der Waals surface area contributed by atoms with Crippen LogP contribution in [0.25, 0.3) is 0 Å². The molecule has 1 N–H and O–H groups in total. The molecule has 1 heterocycles. The molecule has 1 saturated carbocycles. The average molecular weight is 113 g/mol. The van der Waals surface area contributed by atoms with Gasteiger partial charge in [-0.25, -0.2) is 0 Å².